The average Bonchev–Trinajstić information content (AvgIpc) is 2.83. The normalized spacial score (nSPS) is 15.2. The molecule has 1 aliphatic rings. The van der Waals surface area contributed by atoms with E-state index in [4.69, 9.17) is 0 Å². The topological polar surface area (TPSA) is 64.7 Å². The number of benzene rings is 3. The smallest absolute Gasteiger partial charge is 0.239 e. The summed E-state index contributed by atoms with van der Waals surface area (Å²) in [6.07, 6.45) is 0.196. The van der Waals surface area contributed by atoms with Crippen molar-refractivity contribution in [3.63, 3.8) is 0 Å². The van der Waals surface area contributed by atoms with Crippen molar-refractivity contribution in [3.8, 4) is 0 Å². The van der Waals surface area contributed by atoms with Gasteiger partial charge in [-0.2, -0.15) is 0 Å². The number of amides is 2. The van der Waals surface area contributed by atoms with Crippen LogP contribution >= 0.6 is 0 Å². The van der Waals surface area contributed by atoms with Crippen LogP contribution in [-0.4, -0.2) is 56.5 Å². The van der Waals surface area contributed by atoms with Crippen molar-refractivity contribution in [2.75, 3.05) is 44.7 Å². The summed E-state index contributed by atoms with van der Waals surface area (Å²) in [6.45, 7) is 5.26. The van der Waals surface area contributed by atoms with Crippen LogP contribution in [0.4, 0.5) is 10.1 Å². The Labute approximate surface area is 199 Å². The minimum atomic E-state index is -0.396. The quantitative estimate of drug-likeness (QED) is 0.566. The molecule has 7 heteroatoms. The summed E-state index contributed by atoms with van der Waals surface area (Å²) in [5.41, 5.74) is 2.59. The number of halogens is 1. The van der Waals surface area contributed by atoms with Gasteiger partial charge in [0.1, 0.15) is 5.82 Å². The van der Waals surface area contributed by atoms with Crippen molar-refractivity contribution in [2.45, 2.75) is 19.4 Å². The molecule has 2 N–H and O–H groups in total. The molecule has 4 rings (SSSR count). The second-order valence-corrected chi connectivity index (χ2v) is 8.87. The molecule has 1 heterocycles. The van der Waals surface area contributed by atoms with Crippen LogP contribution in [0.25, 0.3) is 10.8 Å². The molecule has 1 fully saturated rings. The highest BCUT2D eigenvalue weighted by atomic mass is 19.1. The highest BCUT2D eigenvalue weighted by molar-refractivity contribution is 5.91. The fourth-order valence-corrected chi connectivity index (χ4v) is 4.44. The maximum absolute atomic E-state index is 14.0. The summed E-state index contributed by atoms with van der Waals surface area (Å²) >= 11 is 0. The number of fused-ring (bicyclic) bond motifs is 1. The Hall–Kier alpha value is -3.45. The lowest BCUT2D eigenvalue weighted by molar-refractivity contribution is -0.126. The van der Waals surface area contributed by atoms with Gasteiger partial charge in [0.15, 0.2) is 0 Å². The maximum atomic E-state index is 14.0. The largest absolute Gasteiger partial charge is 0.369 e. The zero-order valence-corrected chi connectivity index (χ0v) is 19.7. The lowest BCUT2D eigenvalue weighted by Crippen LogP contribution is -2.45. The number of rotatable bonds is 7. The minimum absolute atomic E-state index is 0.132. The minimum Gasteiger partial charge on any atom is -0.369 e. The number of anilines is 1. The summed E-state index contributed by atoms with van der Waals surface area (Å²) in [7, 11) is 2.08. The van der Waals surface area contributed by atoms with E-state index < -0.39 is 6.04 Å². The molecular weight excluding hydrogens is 431 g/mol. The van der Waals surface area contributed by atoms with Crippen molar-refractivity contribution < 1.29 is 14.0 Å². The van der Waals surface area contributed by atoms with Gasteiger partial charge in [-0.25, -0.2) is 4.39 Å². The van der Waals surface area contributed by atoms with Crippen LogP contribution < -0.4 is 15.5 Å². The number of hydrogen-bond donors (Lipinski definition) is 2. The first-order chi connectivity index (χ1) is 16.4. The number of nitrogens with one attached hydrogen (secondary N) is 2. The van der Waals surface area contributed by atoms with Gasteiger partial charge in [0, 0.05) is 37.4 Å². The number of carbonyl (C=O) groups is 2. The van der Waals surface area contributed by atoms with Crippen molar-refractivity contribution in [1.29, 1.82) is 0 Å². The van der Waals surface area contributed by atoms with E-state index in [9.17, 15) is 14.0 Å². The maximum Gasteiger partial charge on any atom is 0.239 e. The Morgan fingerprint density at radius 3 is 2.50 bits per heavy atom. The summed E-state index contributed by atoms with van der Waals surface area (Å²) in [6, 6.07) is 18.1. The molecule has 1 aliphatic heterocycles. The lowest BCUT2D eigenvalue weighted by atomic mass is 10.0. The molecule has 6 nitrogen and oxygen atoms in total. The van der Waals surface area contributed by atoms with Gasteiger partial charge in [-0.1, -0.05) is 42.5 Å². The predicted octanol–water partition coefficient (Wildman–Crippen LogP) is 3.27. The van der Waals surface area contributed by atoms with Crippen molar-refractivity contribution in [3.05, 3.63) is 77.6 Å². The van der Waals surface area contributed by atoms with E-state index in [1.807, 2.05) is 49.4 Å². The molecule has 0 saturated carbocycles. The summed E-state index contributed by atoms with van der Waals surface area (Å²) in [4.78, 5) is 29.5. The van der Waals surface area contributed by atoms with E-state index in [0.29, 0.717) is 0 Å². The van der Waals surface area contributed by atoms with Gasteiger partial charge in [-0.15, -0.1) is 0 Å². The van der Waals surface area contributed by atoms with Crippen molar-refractivity contribution in [2.24, 2.45) is 0 Å². The summed E-state index contributed by atoms with van der Waals surface area (Å²) in [5, 5.41) is 7.71. The molecular formula is C27H31FN4O2. The fraction of sp³-hybridized carbons (Fsp3) is 0.333. The third kappa shape index (κ3) is 5.72. The van der Waals surface area contributed by atoms with Gasteiger partial charge in [0.25, 0.3) is 0 Å². The molecule has 178 valence electrons. The van der Waals surface area contributed by atoms with E-state index in [1.54, 1.807) is 6.07 Å². The van der Waals surface area contributed by atoms with Crippen LogP contribution in [0.2, 0.25) is 0 Å². The third-order valence-electron chi connectivity index (χ3n) is 6.35. The van der Waals surface area contributed by atoms with Crippen LogP contribution in [0.5, 0.6) is 0 Å². The molecule has 3 aromatic carbocycles. The molecule has 2 amide bonds. The average molecular weight is 463 g/mol. The Kier molecular flexibility index (Phi) is 7.43. The van der Waals surface area contributed by atoms with Crippen LogP contribution in [0.15, 0.2) is 60.7 Å². The Morgan fingerprint density at radius 1 is 0.971 bits per heavy atom. The number of piperazine rings is 1. The van der Waals surface area contributed by atoms with Gasteiger partial charge in [-0.3, -0.25) is 9.59 Å². The number of carbonyl (C=O) groups excluding carboxylic acids is 2. The number of nitrogens with zero attached hydrogens (tertiary/aromatic N) is 2. The monoisotopic (exact) mass is 462 g/mol. The van der Waals surface area contributed by atoms with E-state index in [0.717, 1.165) is 53.8 Å². The second kappa shape index (κ2) is 10.7. The van der Waals surface area contributed by atoms with Crippen molar-refractivity contribution in [1.82, 2.24) is 15.5 Å². The SMILES string of the molecule is CC(NC(=O)CNC(=O)Cc1cccc2ccccc12)c1cc(F)ccc1N1CCN(C)CC1. The van der Waals surface area contributed by atoms with Gasteiger partial charge in [-0.05, 0) is 48.5 Å². The van der Waals surface area contributed by atoms with Crippen LogP contribution in [0.1, 0.15) is 24.1 Å². The highest BCUT2D eigenvalue weighted by Crippen LogP contribution is 2.28. The van der Waals surface area contributed by atoms with E-state index in [2.05, 4.69) is 27.5 Å². The molecule has 0 aliphatic carbocycles. The number of hydrogen-bond acceptors (Lipinski definition) is 4. The van der Waals surface area contributed by atoms with Gasteiger partial charge in [0.05, 0.1) is 19.0 Å². The van der Waals surface area contributed by atoms with E-state index in [1.165, 1.54) is 12.1 Å². The van der Waals surface area contributed by atoms with Gasteiger partial charge in [0.2, 0.25) is 11.8 Å². The first-order valence-corrected chi connectivity index (χ1v) is 11.7. The molecule has 0 aromatic heterocycles. The summed E-state index contributed by atoms with van der Waals surface area (Å²) < 4.78 is 14.0. The first kappa shape index (κ1) is 23.7. The predicted molar refractivity (Wildman–Crippen MR) is 133 cm³/mol. The zero-order valence-electron chi connectivity index (χ0n) is 19.7. The van der Waals surface area contributed by atoms with Gasteiger partial charge >= 0.3 is 0 Å². The van der Waals surface area contributed by atoms with Crippen molar-refractivity contribution >= 4 is 28.3 Å². The van der Waals surface area contributed by atoms with Crippen LogP contribution in [0.3, 0.4) is 0 Å². The zero-order chi connectivity index (χ0) is 24.1. The number of likely N-dealkylation sites (N-methyl/N-ethyl adjacent to an activating group) is 1. The lowest BCUT2D eigenvalue weighted by Gasteiger charge is -2.36. The fourth-order valence-electron chi connectivity index (χ4n) is 4.44. The highest BCUT2D eigenvalue weighted by Gasteiger charge is 2.21. The molecule has 1 unspecified atom stereocenters. The van der Waals surface area contributed by atoms with E-state index >= 15 is 0 Å². The molecule has 0 bridgehead atoms. The summed E-state index contributed by atoms with van der Waals surface area (Å²) in [5.74, 6) is -0.868. The molecule has 3 aromatic rings. The molecule has 34 heavy (non-hydrogen) atoms. The Morgan fingerprint density at radius 2 is 1.71 bits per heavy atom. The molecule has 0 spiro atoms. The van der Waals surface area contributed by atoms with Crippen LogP contribution in [0, 0.1) is 5.82 Å². The molecule has 1 atom stereocenters. The third-order valence-corrected chi connectivity index (χ3v) is 6.35. The Bertz CT molecular complexity index is 1170. The van der Waals surface area contributed by atoms with E-state index in [-0.39, 0.29) is 30.6 Å². The Balaban J connectivity index is 1.35. The standard InChI is InChI=1S/C27H31FN4O2/c1-19(24-17-22(28)10-11-25(24)32-14-12-31(2)13-15-32)30-27(34)18-29-26(33)16-21-8-5-7-20-6-3-4-9-23(20)21/h3-11,17,19H,12-16,18H2,1-2H3,(H,29,33)(H,30,34). The second-order valence-electron chi connectivity index (χ2n) is 8.87. The molecule has 1 saturated heterocycles. The first-order valence-electron chi connectivity index (χ1n) is 11.7. The van der Waals surface area contributed by atoms with Crippen LogP contribution in [-0.2, 0) is 16.0 Å². The van der Waals surface area contributed by atoms with Gasteiger partial charge < -0.3 is 20.4 Å². The molecule has 0 radical (unpaired) electrons.